The van der Waals surface area contributed by atoms with Crippen LogP contribution in [0.25, 0.3) is 0 Å². The lowest BCUT2D eigenvalue weighted by Crippen LogP contribution is -2.60. The van der Waals surface area contributed by atoms with Gasteiger partial charge >= 0.3 is 5.97 Å². The van der Waals surface area contributed by atoms with E-state index in [2.05, 4.69) is 4.72 Å². The van der Waals surface area contributed by atoms with Crippen LogP contribution in [-0.4, -0.2) is 25.5 Å². The first-order valence-corrected chi connectivity index (χ1v) is 8.19. The summed E-state index contributed by atoms with van der Waals surface area (Å²) in [5.74, 6) is -1.29. The fraction of sp³-hybridized carbons (Fsp3) is 0.615. The molecule has 4 atom stereocenters. The largest absolute Gasteiger partial charge is 0.481 e. The lowest BCUT2D eigenvalue weighted by Gasteiger charge is -2.46. The van der Waals surface area contributed by atoms with Crippen LogP contribution in [0.3, 0.4) is 0 Å². The molecule has 1 aromatic rings. The number of carboxylic acid groups (broad SMARTS) is 1. The third-order valence-corrected chi connectivity index (χ3v) is 5.81. The Kier molecular flexibility index (Phi) is 3.13. The highest BCUT2D eigenvalue weighted by atomic mass is 32.2. The van der Waals surface area contributed by atoms with E-state index >= 15 is 0 Å². The maximum absolute atomic E-state index is 12.2. The van der Waals surface area contributed by atoms with Crippen molar-refractivity contribution in [2.75, 3.05) is 0 Å². The number of fused-ring (bicyclic) bond motifs is 1. The minimum absolute atomic E-state index is 0.110. The molecular formula is C13H17NO5S. The van der Waals surface area contributed by atoms with E-state index in [1.807, 2.05) is 0 Å². The number of rotatable bonds is 4. The summed E-state index contributed by atoms with van der Waals surface area (Å²) in [7, 11) is -3.78. The van der Waals surface area contributed by atoms with Crippen molar-refractivity contribution < 1.29 is 22.7 Å². The fourth-order valence-corrected chi connectivity index (χ4v) is 4.89. The Morgan fingerprint density at radius 3 is 2.70 bits per heavy atom. The first-order chi connectivity index (χ1) is 9.40. The number of sulfonamides is 1. The summed E-state index contributed by atoms with van der Waals surface area (Å²) in [6.45, 7) is 1.74. The molecule has 6 nitrogen and oxygen atoms in total. The minimum Gasteiger partial charge on any atom is -0.481 e. The third-order valence-electron chi connectivity index (χ3n) is 4.48. The number of carbonyl (C=O) groups is 1. The van der Waals surface area contributed by atoms with Crippen LogP contribution >= 0.6 is 0 Å². The highest BCUT2D eigenvalue weighted by Gasteiger charge is 2.57. The van der Waals surface area contributed by atoms with Crippen LogP contribution in [0.4, 0.5) is 0 Å². The van der Waals surface area contributed by atoms with Gasteiger partial charge in [0.05, 0.1) is 12.2 Å². The van der Waals surface area contributed by atoms with Gasteiger partial charge in [-0.1, -0.05) is 6.42 Å². The van der Waals surface area contributed by atoms with E-state index in [0.717, 1.165) is 19.3 Å². The molecule has 0 saturated heterocycles. The topological polar surface area (TPSA) is 96.6 Å². The second-order valence-electron chi connectivity index (χ2n) is 5.71. The molecule has 2 aliphatic carbocycles. The second kappa shape index (κ2) is 4.60. The summed E-state index contributed by atoms with van der Waals surface area (Å²) >= 11 is 0. The van der Waals surface area contributed by atoms with Gasteiger partial charge in [0.15, 0.2) is 0 Å². The lowest BCUT2D eigenvalue weighted by molar-refractivity contribution is -0.152. The molecule has 2 saturated carbocycles. The average Bonchev–Trinajstić information content (AvgIpc) is 2.93. The summed E-state index contributed by atoms with van der Waals surface area (Å²) in [4.78, 5) is 11.3. The molecule has 0 radical (unpaired) electrons. The van der Waals surface area contributed by atoms with Crippen molar-refractivity contribution in [3.05, 3.63) is 17.9 Å². The van der Waals surface area contributed by atoms with Crippen molar-refractivity contribution in [2.24, 2.45) is 17.8 Å². The molecule has 0 unspecified atom stereocenters. The van der Waals surface area contributed by atoms with Crippen molar-refractivity contribution in [2.45, 2.75) is 37.3 Å². The number of furan rings is 1. The van der Waals surface area contributed by atoms with E-state index in [1.165, 1.54) is 12.3 Å². The van der Waals surface area contributed by atoms with Gasteiger partial charge < -0.3 is 9.52 Å². The van der Waals surface area contributed by atoms with Crippen LogP contribution in [0.2, 0.25) is 0 Å². The normalized spacial score (nSPS) is 32.6. The van der Waals surface area contributed by atoms with Gasteiger partial charge in [0.1, 0.15) is 0 Å². The first kappa shape index (κ1) is 13.6. The van der Waals surface area contributed by atoms with Crippen molar-refractivity contribution in [1.82, 2.24) is 4.72 Å². The number of aryl methyl sites for hydroxylation is 1. The van der Waals surface area contributed by atoms with E-state index < -0.39 is 28.0 Å². The van der Waals surface area contributed by atoms with Gasteiger partial charge in [-0.15, -0.1) is 0 Å². The lowest BCUT2D eigenvalue weighted by atomic mass is 9.63. The second-order valence-corrected chi connectivity index (χ2v) is 7.36. The van der Waals surface area contributed by atoms with Gasteiger partial charge in [0, 0.05) is 12.1 Å². The number of nitrogens with one attached hydrogen (secondary N) is 1. The summed E-state index contributed by atoms with van der Waals surface area (Å²) in [6.07, 6.45) is 4.10. The van der Waals surface area contributed by atoms with Crippen molar-refractivity contribution in [1.29, 1.82) is 0 Å². The Hall–Kier alpha value is -1.34. The highest BCUT2D eigenvalue weighted by molar-refractivity contribution is 7.89. The summed E-state index contributed by atoms with van der Waals surface area (Å²) < 4.78 is 31.9. The molecule has 0 aromatic carbocycles. The molecule has 1 heterocycles. The van der Waals surface area contributed by atoms with Crippen LogP contribution in [0.15, 0.2) is 21.8 Å². The number of hydrogen-bond acceptors (Lipinski definition) is 4. The van der Waals surface area contributed by atoms with E-state index in [0.29, 0.717) is 5.56 Å². The summed E-state index contributed by atoms with van der Waals surface area (Å²) in [6, 6.07) is 0.915. The molecule has 20 heavy (non-hydrogen) atoms. The molecule has 0 amide bonds. The van der Waals surface area contributed by atoms with E-state index in [-0.39, 0.29) is 16.9 Å². The van der Waals surface area contributed by atoms with Gasteiger partial charge in [0.2, 0.25) is 5.09 Å². The molecule has 0 aliphatic heterocycles. The molecule has 110 valence electrons. The summed E-state index contributed by atoms with van der Waals surface area (Å²) in [5.41, 5.74) is 0.715. The molecule has 7 heteroatoms. The molecule has 0 bridgehead atoms. The van der Waals surface area contributed by atoms with Gasteiger partial charge in [-0.25, -0.2) is 13.1 Å². The maximum Gasteiger partial charge on any atom is 0.308 e. The van der Waals surface area contributed by atoms with Gasteiger partial charge in [0.25, 0.3) is 10.0 Å². The quantitative estimate of drug-likeness (QED) is 0.875. The maximum atomic E-state index is 12.2. The van der Waals surface area contributed by atoms with Gasteiger partial charge in [-0.2, -0.15) is 0 Å². The monoisotopic (exact) mass is 299 g/mol. The van der Waals surface area contributed by atoms with E-state index in [1.54, 1.807) is 6.92 Å². The Morgan fingerprint density at radius 1 is 1.40 bits per heavy atom. The third kappa shape index (κ3) is 2.05. The molecule has 3 rings (SSSR count). The molecule has 2 aliphatic rings. The zero-order valence-corrected chi connectivity index (χ0v) is 11.9. The van der Waals surface area contributed by atoms with Crippen molar-refractivity contribution in [3.8, 4) is 0 Å². The predicted octanol–water partition coefficient (Wildman–Crippen LogP) is 1.37. The van der Waals surface area contributed by atoms with Gasteiger partial charge in [-0.05, 0) is 37.2 Å². The minimum atomic E-state index is -3.78. The van der Waals surface area contributed by atoms with Crippen molar-refractivity contribution >= 4 is 16.0 Å². The Morgan fingerprint density at radius 2 is 2.10 bits per heavy atom. The first-order valence-electron chi connectivity index (χ1n) is 6.70. The highest BCUT2D eigenvalue weighted by Crippen LogP contribution is 2.51. The Labute approximate surface area is 117 Å². The Bertz CT molecular complexity index is 635. The molecule has 1 aromatic heterocycles. The molecule has 2 fully saturated rings. The van der Waals surface area contributed by atoms with E-state index in [4.69, 9.17) is 4.42 Å². The average molecular weight is 299 g/mol. The number of hydrogen-bond donors (Lipinski definition) is 2. The Balaban J connectivity index is 1.81. The SMILES string of the molecule is Cc1coc(S(=O)(=O)N[C@H]2[C@@H]3CCC[C@@H]3[C@@H]2C(=O)O)c1. The predicted molar refractivity (Wildman–Crippen MR) is 69.5 cm³/mol. The molecule has 0 spiro atoms. The summed E-state index contributed by atoms with van der Waals surface area (Å²) in [5, 5.41) is 9.11. The van der Waals surface area contributed by atoms with Crippen LogP contribution in [-0.2, 0) is 14.8 Å². The van der Waals surface area contributed by atoms with Gasteiger partial charge in [-0.3, -0.25) is 4.79 Å². The fourth-order valence-electron chi connectivity index (χ4n) is 3.58. The zero-order valence-electron chi connectivity index (χ0n) is 11.1. The zero-order chi connectivity index (χ0) is 14.5. The standard InChI is InChI=1S/C13H17NO5S/c1-7-5-10(19-6-7)20(17,18)14-12-9-4-2-3-8(9)11(12)13(15)16/h5-6,8-9,11-12,14H,2-4H2,1H3,(H,15,16)/t8-,9+,11-,12-/m0/s1. The van der Waals surface area contributed by atoms with Crippen molar-refractivity contribution in [3.63, 3.8) is 0 Å². The van der Waals surface area contributed by atoms with E-state index in [9.17, 15) is 18.3 Å². The molecular weight excluding hydrogens is 282 g/mol. The van der Waals surface area contributed by atoms with Crippen LogP contribution in [0.1, 0.15) is 24.8 Å². The smallest absolute Gasteiger partial charge is 0.308 e. The van der Waals surface area contributed by atoms with Crippen LogP contribution in [0.5, 0.6) is 0 Å². The van der Waals surface area contributed by atoms with Crippen LogP contribution in [0, 0.1) is 24.7 Å². The number of aliphatic carboxylic acids is 1. The molecule has 2 N–H and O–H groups in total. The number of carboxylic acids is 1. The van der Waals surface area contributed by atoms with Crippen LogP contribution < -0.4 is 4.72 Å².